The molecule has 10 heteroatoms. The molecule has 0 aromatic carbocycles. The van der Waals surface area contributed by atoms with Gasteiger partial charge in [-0.25, -0.2) is 4.57 Å². The predicted molar refractivity (Wildman–Crippen MR) is 48.9 cm³/mol. The molecule has 1 saturated carbocycles. The Hall–Kier alpha value is -0.0900. The van der Waals surface area contributed by atoms with E-state index in [0.717, 1.165) is 0 Å². The zero-order chi connectivity index (χ0) is 12.7. The highest BCUT2D eigenvalue weighted by Crippen LogP contribution is 2.41. The van der Waals surface area contributed by atoms with Crippen molar-refractivity contribution in [3.8, 4) is 0 Å². The van der Waals surface area contributed by atoms with Crippen LogP contribution in [0.25, 0.3) is 0 Å². The first-order chi connectivity index (χ1) is 7.15. The minimum Gasteiger partial charge on any atom is -0.389 e. The van der Waals surface area contributed by atoms with E-state index in [0.29, 0.717) is 0 Å². The highest BCUT2D eigenvalue weighted by atomic mass is 31.2. The summed E-state index contributed by atoms with van der Waals surface area (Å²) in [6.07, 6.45) is -8.74. The van der Waals surface area contributed by atoms with Crippen molar-refractivity contribution in [2.75, 3.05) is 0 Å². The van der Waals surface area contributed by atoms with Crippen LogP contribution in [0, 0.1) is 0 Å². The highest BCUT2D eigenvalue weighted by Gasteiger charge is 2.50. The molecule has 0 heterocycles. The van der Waals surface area contributed by atoms with Crippen molar-refractivity contribution in [2.45, 2.75) is 36.6 Å². The van der Waals surface area contributed by atoms with Gasteiger partial charge in [-0.1, -0.05) is 0 Å². The van der Waals surface area contributed by atoms with Gasteiger partial charge in [-0.3, -0.25) is 4.52 Å². The number of phosphoric ester groups is 1. The maximum atomic E-state index is 10.5. The fourth-order valence-electron chi connectivity index (χ4n) is 1.53. The molecule has 0 aliphatic heterocycles. The second-order valence-electron chi connectivity index (χ2n) is 3.60. The molecule has 16 heavy (non-hydrogen) atoms. The molecule has 1 rings (SSSR count). The second kappa shape index (κ2) is 4.65. The molecule has 96 valence electrons. The van der Waals surface area contributed by atoms with Crippen molar-refractivity contribution in [1.29, 1.82) is 0 Å². The van der Waals surface area contributed by atoms with Crippen LogP contribution in [0.3, 0.4) is 0 Å². The maximum Gasteiger partial charge on any atom is 0.470 e. The third kappa shape index (κ3) is 2.77. The Balaban J connectivity index is 2.87. The SMILES string of the molecule is NC1[C@@H](O)[C@H](O)C(OP(=O)(O)O)[C@H](O)[C@H]1O. The first-order valence-corrected chi connectivity index (χ1v) is 5.90. The summed E-state index contributed by atoms with van der Waals surface area (Å²) in [5, 5.41) is 37.4. The lowest BCUT2D eigenvalue weighted by Crippen LogP contribution is -2.66. The van der Waals surface area contributed by atoms with Gasteiger partial charge in [-0.2, -0.15) is 0 Å². The summed E-state index contributed by atoms with van der Waals surface area (Å²) < 4.78 is 14.6. The topological polar surface area (TPSA) is 174 Å². The summed E-state index contributed by atoms with van der Waals surface area (Å²) in [7, 11) is -4.96. The zero-order valence-electron chi connectivity index (χ0n) is 7.99. The van der Waals surface area contributed by atoms with Crippen molar-refractivity contribution in [2.24, 2.45) is 5.73 Å². The molecule has 8 N–H and O–H groups in total. The van der Waals surface area contributed by atoms with Crippen molar-refractivity contribution >= 4 is 7.82 Å². The molecule has 6 atom stereocenters. The fourth-order valence-corrected chi connectivity index (χ4v) is 2.10. The van der Waals surface area contributed by atoms with Gasteiger partial charge in [0.2, 0.25) is 0 Å². The van der Waals surface area contributed by atoms with E-state index in [1.807, 2.05) is 0 Å². The minimum atomic E-state index is -4.96. The molecule has 2 unspecified atom stereocenters. The summed E-state index contributed by atoms with van der Waals surface area (Å²) in [5.74, 6) is 0. The second-order valence-corrected chi connectivity index (χ2v) is 4.79. The molecule has 0 saturated heterocycles. The average Bonchev–Trinajstić information content (AvgIpc) is 2.17. The number of hydrogen-bond acceptors (Lipinski definition) is 7. The zero-order valence-corrected chi connectivity index (χ0v) is 8.88. The molecule has 0 aromatic rings. The van der Waals surface area contributed by atoms with E-state index in [4.69, 9.17) is 15.5 Å². The van der Waals surface area contributed by atoms with Crippen LogP contribution in [-0.4, -0.2) is 66.8 Å². The molecule has 0 spiro atoms. The van der Waals surface area contributed by atoms with Gasteiger partial charge >= 0.3 is 7.82 Å². The van der Waals surface area contributed by atoms with Gasteiger partial charge in [-0.15, -0.1) is 0 Å². The molecule has 0 aromatic heterocycles. The maximum absolute atomic E-state index is 10.5. The van der Waals surface area contributed by atoms with Gasteiger partial charge in [0, 0.05) is 0 Å². The Labute approximate surface area is 90.3 Å². The van der Waals surface area contributed by atoms with Crippen molar-refractivity contribution in [1.82, 2.24) is 0 Å². The largest absolute Gasteiger partial charge is 0.470 e. The Kier molecular flexibility index (Phi) is 4.06. The van der Waals surface area contributed by atoms with Crippen molar-refractivity contribution < 1.29 is 39.3 Å². The third-order valence-corrected chi connectivity index (χ3v) is 2.94. The third-order valence-electron chi connectivity index (χ3n) is 2.42. The standard InChI is InChI=1S/C6H14NO8P/c7-1-2(8)4(10)6(5(11)3(1)9)15-16(12,13)14/h1-6,8-11H,7H2,(H2,12,13,14)/t1?,2-,3+,4+,5-,6?. The molecule has 1 aliphatic carbocycles. The molecular formula is C6H14NO8P. The quantitative estimate of drug-likeness (QED) is 0.246. The predicted octanol–water partition coefficient (Wildman–Crippen LogP) is -3.75. The molecule has 0 radical (unpaired) electrons. The normalized spacial score (nSPS) is 45.7. The molecule has 9 nitrogen and oxygen atoms in total. The van der Waals surface area contributed by atoms with E-state index in [1.54, 1.807) is 0 Å². The number of rotatable bonds is 2. The van der Waals surface area contributed by atoms with E-state index >= 15 is 0 Å². The first kappa shape index (κ1) is 14.0. The molecular weight excluding hydrogens is 245 g/mol. The Bertz CT molecular complexity index is 278. The Morgan fingerprint density at radius 1 is 0.938 bits per heavy atom. The van der Waals surface area contributed by atoms with Crippen LogP contribution >= 0.6 is 7.82 Å². The van der Waals surface area contributed by atoms with Crippen LogP contribution in [0.4, 0.5) is 0 Å². The fraction of sp³-hybridized carbons (Fsp3) is 1.00. The van der Waals surface area contributed by atoms with E-state index < -0.39 is 44.4 Å². The van der Waals surface area contributed by atoms with Crippen LogP contribution in [0.15, 0.2) is 0 Å². The van der Waals surface area contributed by atoms with E-state index in [9.17, 15) is 25.0 Å². The van der Waals surface area contributed by atoms with Gasteiger partial charge in [0.05, 0.1) is 6.04 Å². The summed E-state index contributed by atoms with van der Waals surface area (Å²) in [5.41, 5.74) is 5.26. The monoisotopic (exact) mass is 259 g/mol. The highest BCUT2D eigenvalue weighted by molar-refractivity contribution is 7.46. The summed E-state index contributed by atoms with van der Waals surface area (Å²) >= 11 is 0. The van der Waals surface area contributed by atoms with Crippen LogP contribution in [0.2, 0.25) is 0 Å². The lowest BCUT2D eigenvalue weighted by atomic mass is 9.84. The number of aliphatic hydroxyl groups is 4. The molecule has 0 bridgehead atoms. The van der Waals surface area contributed by atoms with Gasteiger partial charge < -0.3 is 35.9 Å². The van der Waals surface area contributed by atoms with Gasteiger partial charge in [0.1, 0.15) is 30.5 Å². The van der Waals surface area contributed by atoms with Crippen LogP contribution in [-0.2, 0) is 9.09 Å². The van der Waals surface area contributed by atoms with E-state index in [1.165, 1.54) is 0 Å². The van der Waals surface area contributed by atoms with Gasteiger partial charge in [0.25, 0.3) is 0 Å². The molecule has 1 aliphatic rings. The first-order valence-electron chi connectivity index (χ1n) is 4.37. The van der Waals surface area contributed by atoms with Crippen molar-refractivity contribution in [3.05, 3.63) is 0 Å². The van der Waals surface area contributed by atoms with Gasteiger partial charge in [-0.05, 0) is 0 Å². The molecule has 0 amide bonds. The van der Waals surface area contributed by atoms with Crippen LogP contribution in [0.5, 0.6) is 0 Å². The Morgan fingerprint density at radius 3 is 1.62 bits per heavy atom. The van der Waals surface area contributed by atoms with Crippen molar-refractivity contribution in [3.63, 3.8) is 0 Å². The number of aliphatic hydroxyl groups excluding tert-OH is 4. The Morgan fingerprint density at radius 2 is 1.31 bits per heavy atom. The lowest BCUT2D eigenvalue weighted by Gasteiger charge is -2.41. The van der Waals surface area contributed by atoms with E-state index in [2.05, 4.69) is 4.52 Å². The average molecular weight is 259 g/mol. The van der Waals surface area contributed by atoms with Crippen LogP contribution in [0.1, 0.15) is 0 Å². The molecule has 1 fully saturated rings. The number of nitrogens with two attached hydrogens (primary N) is 1. The number of hydrogen-bond donors (Lipinski definition) is 7. The lowest BCUT2D eigenvalue weighted by molar-refractivity contribution is -0.180. The summed E-state index contributed by atoms with van der Waals surface area (Å²) in [6, 6.07) is -1.33. The van der Waals surface area contributed by atoms with Crippen LogP contribution < -0.4 is 5.73 Å². The summed E-state index contributed by atoms with van der Waals surface area (Å²) in [6.45, 7) is 0. The smallest absolute Gasteiger partial charge is 0.389 e. The summed E-state index contributed by atoms with van der Waals surface area (Å²) in [4.78, 5) is 17.0. The van der Waals surface area contributed by atoms with Gasteiger partial charge in [0.15, 0.2) is 0 Å². The minimum absolute atomic E-state index is 1.33. The van der Waals surface area contributed by atoms with E-state index in [-0.39, 0.29) is 0 Å². The number of phosphoric acid groups is 1.